The molecule has 1 N–H and O–H groups in total. The zero-order valence-corrected chi connectivity index (χ0v) is 11.4. The van der Waals surface area contributed by atoms with Crippen molar-refractivity contribution in [2.45, 2.75) is 52.0 Å². The molecule has 1 aromatic rings. The molecule has 16 heavy (non-hydrogen) atoms. The third-order valence-corrected chi connectivity index (χ3v) is 4.24. The van der Waals surface area contributed by atoms with Crippen molar-refractivity contribution in [3.8, 4) is 0 Å². The van der Waals surface area contributed by atoms with Gasteiger partial charge in [0.25, 0.3) is 0 Å². The molecule has 0 amide bonds. The molecule has 0 aromatic carbocycles. The summed E-state index contributed by atoms with van der Waals surface area (Å²) in [5.41, 5.74) is 1.39. The highest BCUT2D eigenvalue weighted by molar-refractivity contribution is 7.09. The van der Waals surface area contributed by atoms with E-state index < -0.39 is 0 Å². The van der Waals surface area contributed by atoms with Gasteiger partial charge in [-0.05, 0) is 18.9 Å². The smallest absolute Gasteiger partial charge is 0.0982 e. The Kier molecular flexibility index (Phi) is 3.65. The van der Waals surface area contributed by atoms with Gasteiger partial charge in [-0.2, -0.15) is 0 Å². The summed E-state index contributed by atoms with van der Waals surface area (Å²) in [5, 5.41) is 6.91. The van der Waals surface area contributed by atoms with Crippen molar-refractivity contribution in [2.75, 3.05) is 6.54 Å². The van der Waals surface area contributed by atoms with Crippen molar-refractivity contribution in [3.05, 3.63) is 16.1 Å². The van der Waals surface area contributed by atoms with Gasteiger partial charge in [0, 0.05) is 17.3 Å². The summed E-state index contributed by atoms with van der Waals surface area (Å²) < 4.78 is 0. The van der Waals surface area contributed by atoms with Crippen molar-refractivity contribution < 1.29 is 0 Å². The monoisotopic (exact) mass is 238 g/mol. The fourth-order valence-electron chi connectivity index (χ4n) is 1.66. The highest BCUT2D eigenvalue weighted by atomic mass is 32.1. The Bertz CT molecular complexity index is 334. The van der Waals surface area contributed by atoms with E-state index in [0.717, 1.165) is 19.0 Å². The maximum atomic E-state index is 4.67. The van der Waals surface area contributed by atoms with Crippen LogP contribution in [-0.4, -0.2) is 11.5 Å². The number of nitrogens with one attached hydrogen (secondary N) is 1. The van der Waals surface area contributed by atoms with Gasteiger partial charge in [-0.15, -0.1) is 11.3 Å². The van der Waals surface area contributed by atoms with Gasteiger partial charge in [0.15, 0.2) is 0 Å². The first-order chi connectivity index (χ1) is 7.55. The highest BCUT2D eigenvalue weighted by Gasteiger charge is 2.20. The quantitative estimate of drug-likeness (QED) is 0.796. The Balaban J connectivity index is 1.73. The molecule has 0 atom stereocenters. The molecule has 0 unspecified atom stereocenters. The van der Waals surface area contributed by atoms with Crippen LogP contribution in [0.15, 0.2) is 5.38 Å². The maximum absolute atomic E-state index is 4.67. The highest BCUT2D eigenvalue weighted by Crippen LogP contribution is 2.31. The van der Waals surface area contributed by atoms with E-state index in [4.69, 9.17) is 0 Å². The van der Waals surface area contributed by atoms with Crippen LogP contribution in [0.25, 0.3) is 0 Å². The van der Waals surface area contributed by atoms with Crippen molar-refractivity contribution in [1.82, 2.24) is 10.3 Å². The number of nitrogens with zero attached hydrogens (tertiary/aromatic N) is 1. The lowest BCUT2D eigenvalue weighted by molar-refractivity contribution is 0.575. The van der Waals surface area contributed by atoms with Gasteiger partial charge in [-0.1, -0.05) is 33.6 Å². The maximum Gasteiger partial charge on any atom is 0.0982 e. The summed E-state index contributed by atoms with van der Waals surface area (Å²) in [6.45, 7) is 8.73. The molecule has 90 valence electrons. The van der Waals surface area contributed by atoms with Gasteiger partial charge in [0.05, 0.1) is 10.7 Å². The summed E-state index contributed by atoms with van der Waals surface area (Å²) >= 11 is 1.78. The molecule has 1 fully saturated rings. The van der Waals surface area contributed by atoms with E-state index in [1.165, 1.54) is 30.0 Å². The van der Waals surface area contributed by atoms with Crippen LogP contribution < -0.4 is 5.32 Å². The number of hydrogen-bond acceptors (Lipinski definition) is 3. The molecular formula is C13H22N2S. The van der Waals surface area contributed by atoms with E-state index in [2.05, 4.69) is 36.5 Å². The van der Waals surface area contributed by atoms with Crippen LogP contribution in [0.3, 0.4) is 0 Å². The standard InChI is InChI=1S/C13H22N2S/c1-13(2,3)12-15-11(9-16-12)8-14-7-6-10-4-5-10/h9-10,14H,4-8H2,1-3H3. The molecule has 0 saturated heterocycles. The minimum absolute atomic E-state index is 0.191. The second-order valence-corrected chi connectivity index (χ2v) is 6.66. The van der Waals surface area contributed by atoms with Gasteiger partial charge >= 0.3 is 0 Å². The molecule has 1 aliphatic rings. The van der Waals surface area contributed by atoms with Crippen LogP contribution in [0.1, 0.15) is 50.7 Å². The largest absolute Gasteiger partial charge is 0.311 e. The van der Waals surface area contributed by atoms with Gasteiger partial charge in [-0.3, -0.25) is 0 Å². The van der Waals surface area contributed by atoms with E-state index in [1.54, 1.807) is 11.3 Å². The van der Waals surface area contributed by atoms with Gasteiger partial charge in [-0.25, -0.2) is 4.98 Å². The van der Waals surface area contributed by atoms with Gasteiger partial charge < -0.3 is 5.32 Å². The molecule has 0 spiro atoms. The third kappa shape index (κ3) is 3.56. The predicted molar refractivity (Wildman–Crippen MR) is 69.9 cm³/mol. The molecule has 0 radical (unpaired) electrons. The van der Waals surface area contributed by atoms with Crippen LogP contribution in [0.4, 0.5) is 0 Å². The first-order valence-electron chi connectivity index (χ1n) is 6.21. The van der Waals surface area contributed by atoms with E-state index in [9.17, 15) is 0 Å². The second-order valence-electron chi connectivity index (χ2n) is 5.80. The zero-order valence-electron chi connectivity index (χ0n) is 10.5. The van der Waals surface area contributed by atoms with Crippen molar-refractivity contribution in [1.29, 1.82) is 0 Å². The number of thiazole rings is 1. The van der Waals surface area contributed by atoms with Gasteiger partial charge in [0.1, 0.15) is 0 Å². The lowest BCUT2D eigenvalue weighted by Gasteiger charge is -2.13. The third-order valence-electron chi connectivity index (χ3n) is 2.93. The Morgan fingerprint density at radius 2 is 2.19 bits per heavy atom. The summed E-state index contributed by atoms with van der Waals surface area (Å²) in [6.07, 6.45) is 4.25. The minimum Gasteiger partial charge on any atom is -0.311 e. The molecule has 0 aliphatic heterocycles. The van der Waals surface area contributed by atoms with E-state index in [1.807, 2.05) is 0 Å². The minimum atomic E-state index is 0.191. The van der Waals surface area contributed by atoms with E-state index in [0.29, 0.717) is 0 Å². The number of aromatic nitrogens is 1. The molecule has 1 aromatic heterocycles. The normalized spacial score (nSPS) is 16.7. The molecule has 1 saturated carbocycles. The topological polar surface area (TPSA) is 24.9 Å². The molecule has 3 heteroatoms. The van der Waals surface area contributed by atoms with Crippen LogP contribution in [0.5, 0.6) is 0 Å². The fraction of sp³-hybridized carbons (Fsp3) is 0.769. The zero-order chi connectivity index (χ0) is 11.6. The summed E-state index contributed by atoms with van der Waals surface area (Å²) in [4.78, 5) is 4.67. The Hall–Kier alpha value is -0.410. The van der Waals surface area contributed by atoms with Crippen LogP contribution in [0.2, 0.25) is 0 Å². The van der Waals surface area contributed by atoms with Gasteiger partial charge in [0.2, 0.25) is 0 Å². The summed E-state index contributed by atoms with van der Waals surface area (Å²) in [5.74, 6) is 1.02. The average molecular weight is 238 g/mol. The first kappa shape index (κ1) is 12.1. The van der Waals surface area contributed by atoms with E-state index in [-0.39, 0.29) is 5.41 Å². The number of rotatable bonds is 5. The Labute approximate surface area is 102 Å². The second kappa shape index (κ2) is 4.84. The molecule has 2 rings (SSSR count). The lowest BCUT2D eigenvalue weighted by Crippen LogP contribution is -2.16. The molecule has 2 nitrogen and oxygen atoms in total. The SMILES string of the molecule is CC(C)(C)c1nc(CNCCC2CC2)cs1. The Morgan fingerprint density at radius 3 is 2.75 bits per heavy atom. The van der Waals surface area contributed by atoms with Crippen LogP contribution >= 0.6 is 11.3 Å². The lowest BCUT2D eigenvalue weighted by atomic mass is 9.98. The van der Waals surface area contributed by atoms with Crippen molar-refractivity contribution in [2.24, 2.45) is 5.92 Å². The molecule has 1 heterocycles. The first-order valence-corrected chi connectivity index (χ1v) is 7.09. The predicted octanol–water partition coefficient (Wildman–Crippen LogP) is 3.33. The molecule has 0 bridgehead atoms. The Morgan fingerprint density at radius 1 is 1.44 bits per heavy atom. The molecule has 1 aliphatic carbocycles. The molecular weight excluding hydrogens is 216 g/mol. The number of hydrogen-bond donors (Lipinski definition) is 1. The summed E-state index contributed by atoms with van der Waals surface area (Å²) in [6, 6.07) is 0. The van der Waals surface area contributed by atoms with Crippen LogP contribution in [0, 0.1) is 5.92 Å². The van der Waals surface area contributed by atoms with Crippen molar-refractivity contribution in [3.63, 3.8) is 0 Å². The van der Waals surface area contributed by atoms with Crippen molar-refractivity contribution >= 4 is 11.3 Å². The van der Waals surface area contributed by atoms with E-state index >= 15 is 0 Å². The fourth-order valence-corrected chi connectivity index (χ4v) is 2.57. The van der Waals surface area contributed by atoms with Crippen LogP contribution in [-0.2, 0) is 12.0 Å². The average Bonchev–Trinajstić information content (AvgIpc) is 2.88. The summed E-state index contributed by atoms with van der Waals surface area (Å²) in [7, 11) is 0.